The molecule has 0 saturated heterocycles. The van der Waals surface area contributed by atoms with Gasteiger partial charge < -0.3 is 4.57 Å². The SMILES string of the molecule is Cc1ccc(SCc2nnc(SC(C)C(=O)Nc3nnc(C)s3)n2C)cc1. The Bertz CT molecular complexity index is 921. The molecule has 1 N–H and O–H groups in total. The lowest BCUT2D eigenvalue weighted by atomic mass is 10.2. The monoisotopic (exact) mass is 420 g/mol. The number of anilines is 1. The first-order valence-electron chi connectivity index (χ1n) is 8.27. The van der Waals surface area contributed by atoms with Gasteiger partial charge in [0.05, 0.1) is 11.0 Å². The molecule has 0 spiro atoms. The van der Waals surface area contributed by atoms with Crippen LogP contribution in [0.15, 0.2) is 34.3 Å². The summed E-state index contributed by atoms with van der Waals surface area (Å²) in [7, 11) is 1.92. The first-order valence-corrected chi connectivity index (χ1v) is 11.0. The van der Waals surface area contributed by atoms with Crippen LogP contribution in [0.3, 0.4) is 0 Å². The number of nitrogens with zero attached hydrogens (tertiary/aromatic N) is 5. The summed E-state index contributed by atoms with van der Waals surface area (Å²) in [6.07, 6.45) is 0. The summed E-state index contributed by atoms with van der Waals surface area (Å²) in [5, 5.41) is 20.8. The molecule has 0 aliphatic rings. The molecule has 10 heteroatoms. The Morgan fingerprint density at radius 2 is 1.93 bits per heavy atom. The number of rotatable bonds is 7. The zero-order valence-corrected chi connectivity index (χ0v) is 17.9. The normalized spacial score (nSPS) is 12.1. The van der Waals surface area contributed by atoms with Gasteiger partial charge in [-0.25, -0.2) is 0 Å². The van der Waals surface area contributed by atoms with Crippen molar-refractivity contribution >= 4 is 45.9 Å². The van der Waals surface area contributed by atoms with Crippen LogP contribution in [-0.2, 0) is 17.6 Å². The second-order valence-corrected chi connectivity index (χ2v) is 9.47. The fraction of sp³-hybridized carbons (Fsp3) is 0.353. The molecule has 0 saturated carbocycles. The van der Waals surface area contributed by atoms with Gasteiger partial charge in [-0.05, 0) is 32.9 Å². The number of amides is 1. The third-order valence-corrected chi connectivity index (χ3v) is 6.62. The third-order valence-electron chi connectivity index (χ3n) is 3.72. The average molecular weight is 421 g/mol. The fourth-order valence-corrected chi connectivity index (χ4v) is 4.43. The average Bonchev–Trinajstić information content (AvgIpc) is 3.20. The van der Waals surface area contributed by atoms with Crippen LogP contribution in [0.5, 0.6) is 0 Å². The minimum absolute atomic E-state index is 0.130. The Labute approximate surface area is 170 Å². The number of carbonyl (C=O) groups is 1. The summed E-state index contributed by atoms with van der Waals surface area (Å²) >= 11 is 4.44. The van der Waals surface area contributed by atoms with Gasteiger partial charge in [0.2, 0.25) is 11.0 Å². The number of thioether (sulfide) groups is 2. The van der Waals surface area contributed by atoms with E-state index in [0.717, 1.165) is 16.6 Å². The van der Waals surface area contributed by atoms with Crippen molar-refractivity contribution in [2.75, 3.05) is 5.32 Å². The van der Waals surface area contributed by atoms with E-state index in [0.29, 0.717) is 10.3 Å². The van der Waals surface area contributed by atoms with Crippen LogP contribution < -0.4 is 5.32 Å². The van der Waals surface area contributed by atoms with Gasteiger partial charge >= 0.3 is 0 Å². The molecule has 0 bridgehead atoms. The van der Waals surface area contributed by atoms with Gasteiger partial charge in [0.15, 0.2) is 5.16 Å². The molecular formula is C17H20N6OS3. The summed E-state index contributed by atoms with van der Waals surface area (Å²) < 4.78 is 1.94. The van der Waals surface area contributed by atoms with Gasteiger partial charge in [-0.3, -0.25) is 10.1 Å². The number of carbonyl (C=O) groups excluding carboxylic acids is 1. The molecule has 27 heavy (non-hydrogen) atoms. The number of hydrogen-bond acceptors (Lipinski definition) is 8. The highest BCUT2D eigenvalue weighted by Gasteiger charge is 2.20. The maximum absolute atomic E-state index is 12.3. The molecule has 0 aliphatic heterocycles. The highest BCUT2D eigenvalue weighted by Crippen LogP contribution is 2.26. The molecule has 1 atom stereocenters. The highest BCUT2D eigenvalue weighted by atomic mass is 32.2. The van der Waals surface area contributed by atoms with Crippen molar-refractivity contribution in [1.29, 1.82) is 0 Å². The first kappa shape index (κ1) is 19.8. The predicted octanol–water partition coefficient (Wildman–Crippen LogP) is 3.70. The molecule has 1 amide bonds. The van der Waals surface area contributed by atoms with Gasteiger partial charge in [-0.2, -0.15) is 0 Å². The molecule has 0 aliphatic carbocycles. The van der Waals surface area contributed by atoms with Crippen molar-refractivity contribution in [2.45, 2.75) is 41.8 Å². The maximum atomic E-state index is 12.3. The second kappa shape index (κ2) is 8.85. The fourth-order valence-electron chi connectivity index (χ4n) is 2.12. The van der Waals surface area contributed by atoms with Crippen LogP contribution in [0, 0.1) is 13.8 Å². The summed E-state index contributed by atoms with van der Waals surface area (Å²) in [4.78, 5) is 13.5. The summed E-state index contributed by atoms with van der Waals surface area (Å²) in [6, 6.07) is 8.40. The number of benzene rings is 1. The minimum Gasteiger partial charge on any atom is -0.308 e. The quantitative estimate of drug-likeness (QED) is 0.583. The molecule has 2 heterocycles. The van der Waals surface area contributed by atoms with Crippen molar-refractivity contribution < 1.29 is 4.79 Å². The largest absolute Gasteiger partial charge is 0.308 e. The van der Waals surface area contributed by atoms with Gasteiger partial charge in [-0.1, -0.05) is 40.8 Å². The Morgan fingerprint density at radius 3 is 2.59 bits per heavy atom. The van der Waals surface area contributed by atoms with Gasteiger partial charge in [-0.15, -0.1) is 32.2 Å². The molecule has 2 aromatic heterocycles. The van der Waals surface area contributed by atoms with Crippen molar-refractivity contribution in [3.05, 3.63) is 40.7 Å². The minimum atomic E-state index is -0.324. The zero-order valence-electron chi connectivity index (χ0n) is 15.5. The van der Waals surface area contributed by atoms with E-state index in [9.17, 15) is 4.79 Å². The molecule has 142 valence electrons. The number of aromatic nitrogens is 5. The van der Waals surface area contributed by atoms with Gasteiger partial charge in [0, 0.05) is 11.9 Å². The van der Waals surface area contributed by atoms with Gasteiger partial charge in [0.1, 0.15) is 10.8 Å². The molecule has 3 rings (SSSR count). The second-order valence-electron chi connectivity index (χ2n) is 5.94. The topological polar surface area (TPSA) is 85.6 Å². The Kier molecular flexibility index (Phi) is 6.51. The van der Waals surface area contributed by atoms with Gasteiger partial charge in [0.25, 0.3) is 0 Å². The molecule has 1 aromatic carbocycles. The third kappa shape index (κ3) is 5.30. The molecule has 0 fully saturated rings. The number of hydrogen-bond donors (Lipinski definition) is 1. The van der Waals surface area contributed by atoms with Crippen LogP contribution in [0.1, 0.15) is 23.3 Å². The Balaban J connectivity index is 1.57. The van der Waals surface area contributed by atoms with Crippen LogP contribution in [0.4, 0.5) is 5.13 Å². The summed E-state index contributed by atoms with van der Waals surface area (Å²) in [5.74, 6) is 1.46. The van der Waals surface area contributed by atoms with Crippen molar-refractivity contribution in [3.63, 3.8) is 0 Å². The van der Waals surface area contributed by atoms with Crippen molar-refractivity contribution in [3.8, 4) is 0 Å². The van der Waals surface area contributed by atoms with E-state index in [4.69, 9.17) is 0 Å². The smallest absolute Gasteiger partial charge is 0.239 e. The zero-order chi connectivity index (χ0) is 19.4. The van der Waals surface area contributed by atoms with Crippen LogP contribution in [0.25, 0.3) is 0 Å². The molecule has 1 unspecified atom stereocenters. The lowest BCUT2D eigenvalue weighted by molar-refractivity contribution is -0.115. The first-order chi connectivity index (χ1) is 12.9. The number of aryl methyl sites for hydroxylation is 2. The van der Waals surface area contributed by atoms with E-state index in [1.165, 1.54) is 33.6 Å². The van der Waals surface area contributed by atoms with E-state index in [-0.39, 0.29) is 11.2 Å². The van der Waals surface area contributed by atoms with E-state index < -0.39 is 0 Å². The van der Waals surface area contributed by atoms with E-state index in [1.807, 2.05) is 25.5 Å². The van der Waals surface area contributed by atoms with Crippen LogP contribution in [-0.4, -0.2) is 36.1 Å². The Morgan fingerprint density at radius 1 is 1.19 bits per heavy atom. The summed E-state index contributed by atoms with van der Waals surface area (Å²) in [5.41, 5.74) is 1.24. The molecule has 7 nitrogen and oxygen atoms in total. The van der Waals surface area contributed by atoms with E-state index in [2.05, 4.69) is 56.9 Å². The highest BCUT2D eigenvalue weighted by molar-refractivity contribution is 8.00. The van der Waals surface area contributed by atoms with E-state index >= 15 is 0 Å². The molecule has 0 radical (unpaired) electrons. The molecular weight excluding hydrogens is 400 g/mol. The maximum Gasteiger partial charge on any atom is 0.239 e. The van der Waals surface area contributed by atoms with E-state index in [1.54, 1.807) is 11.8 Å². The number of nitrogens with one attached hydrogen (secondary N) is 1. The standard InChI is InChI=1S/C17H20N6OS3/c1-10-5-7-13(8-6-10)25-9-14-20-22-17(23(14)4)26-11(2)15(24)18-16-21-19-12(3)27-16/h5-8,11H,9H2,1-4H3,(H,18,21,24). The lowest BCUT2D eigenvalue weighted by Crippen LogP contribution is -2.22. The molecule has 3 aromatic rings. The van der Waals surface area contributed by atoms with Crippen molar-refractivity contribution in [1.82, 2.24) is 25.0 Å². The van der Waals surface area contributed by atoms with Crippen LogP contribution in [0.2, 0.25) is 0 Å². The van der Waals surface area contributed by atoms with Crippen LogP contribution >= 0.6 is 34.9 Å². The Hall–Kier alpha value is -1.91. The van der Waals surface area contributed by atoms with Crippen molar-refractivity contribution in [2.24, 2.45) is 7.05 Å². The predicted molar refractivity (Wildman–Crippen MR) is 110 cm³/mol. The lowest BCUT2D eigenvalue weighted by Gasteiger charge is -2.10. The summed E-state index contributed by atoms with van der Waals surface area (Å²) in [6.45, 7) is 5.76.